The van der Waals surface area contributed by atoms with Gasteiger partial charge in [0.2, 0.25) is 11.8 Å². The average molecular weight is 302 g/mol. The van der Waals surface area contributed by atoms with Crippen molar-refractivity contribution in [2.45, 2.75) is 19.9 Å². The SMILES string of the molecule is Cc1ccc(CN2CC(C(=O)N3CCOCC3)CC2=O)cc1. The lowest BCUT2D eigenvalue weighted by Gasteiger charge is -2.29. The molecule has 5 nitrogen and oxygen atoms in total. The van der Waals surface area contributed by atoms with Crippen LogP contribution in [-0.2, 0) is 20.9 Å². The van der Waals surface area contributed by atoms with Crippen LogP contribution in [0.4, 0.5) is 0 Å². The van der Waals surface area contributed by atoms with Crippen LogP contribution >= 0.6 is 0 Å². The minimum atomic E-state index is -0.198. The van der Waals surface area contributed by atoms with Crippen LogP contribution in [-0.4, -0.2) is 54.5 Å². The Morgan fingerprint density at radius 3 is 2.59 bits per heavy atom. The van der Waals surface area contributed by atoms with Gasteiger partial charge in [-0.05, 0) is 12.5 Å². The van der Waals surface area contributed by atoms with Crippen LogP contribution in [0.3, 0.4) is 0 Å². The number of amides is 2. The molecule has 1 unspecified atom stereocenters. The van der Waals surface area contributed by atoms with Gasteiger partial charge in [0, 0.05) is 32.6 Å². The number of morpholine rings is 1. The van der Waals surface area contributed by atoms with Gasteiger partial charge in [0.05, 0.1) is 19.1 Å². The molecule has 118 valence electrons. The van der Waals surface area contributed by atoms with E-state index in [0.717, 1.165) is 5.56 Å². The zero-order valence-electron chi connectivity index (χ0n) is 13.0. The summed E-state index contributed by atoms with van der Waals surface area (Å²) in [6, 6.07) is 8.18. The molecule has 2 saturated heterocycles. The molecule has 3 rings (SSSR count). The first-order valence-electron chi connectivity index (χ1n) is 7.83. The van der Waals surface area contributed by atoms with Gasteiger partial charge in [0.15, 0.2) is 0 Å². The van der Waals surface area contributed by atoms with Crippen molar-refractivity contribution in [2.75, 3.05) is 32.8 Å². The number of rotatable bonds is 3. The average Bonchev–Trinajstić information content (AvgIpc) is 2.91. The zero-order valence-corrected chi connectivity index (χ0v) is 13.0. The normalized spacial score (nSPS) is 22.2. The standard InChI is InChI=1S/C17H22N2O3/c1-13-2-4-14(5-3-13)11-19-12-15(10-16(19)20)17(21)18-6-8-22-9-7-18/h2-5,15H,6-12H2,1H3. The molecule has 22 heavy (non-hydrogen) atoms. The summed E-state index contributed by atoms with van der Waals surface area (Å²) in [4.78, 5) is 28.3. The van der Waals surface area contributed by atoms with Gasteiger partial charge in [0.1, 0.15) is 0 Å². The summed E-state index contributed by atoms with van der Waals surface area (Å²) in [5.41, 5.74) is 2.32. The van der Waals surface area contributed by atoms with Crippen LogP contribution < -0.4 is 0 Å². The van der Waals surface area contributed by atoms with Crippen molar-refractivity contribution in [3.63, 3.8) is 0 Å². The lowest BCUT2D eigenvalue weighted by Crippen LogP contribution is -2.44. The molecule has 1 atom stereocenters. The van der Waals surface area contributed by atoms with E-state index < -0.39 is 0 Å². The Bertz CT molecular complexity index is 550. The third kappa shape index (κ3) is 3.30. The molecule has 0 spiro atoms. The van der Waals surface area contributed by atoms with Gasteiger partial charge in [-0.2, -0.15) is 0 Å². The summed E-state index contributed by atoms with van der Waals surface area (Å²) < 4.78 is 5.27. The highest BCUT2D eigenvalue weighted by atomic mass is 16.5. The maximum Gasteiger partial charge on any atom is 0.228 e. The van der Waals surface area contributed by atoms with Crippen molar-refractivity contribution in [1.82, 2.24) is 9.80 Å². The van der Waals surface area contributed by atoms with E-state index in [4.69, 9.17) is 4.74 Å². The number of ether oxygens (including phenoxy) is 1. The van der Waals surface area contributed by atoms with E-state index in [-0.39, 0.29) is 17.7 Å². The Hall–Kier alpha value is -1.88. The Balaban J connectivity index is 1.60. The predicted octanol–water partition coefficient (Wildman–Crippen LogP) is 1.20. The highest BCUT2D eigenvalue weighted by molar-refractivity contribution is 5.89. The molecule has 2 heterocycles. The summed E-state index contributed by atoms with van der Waals surface area (Å²) in [5.74, 6) is -0.0220. The van der Waals surface area contributed by atoms with Crippen molar-refractivity contribution >= 4 is 11.8 Å². The number of likely N-dealkylation sites (tertiary alicyclic amines) is 1. The first kappa shape index (κ1) is 15.0. The van der Waals surface area contributed by atoms with Crippen LogP contribution in [0.25, 0.3) is 0 Å². The van der Waals surface area contributed by atoms with Crippen molar-refractivity contribution in [1.29, 1.82) is 0 Å². The van der Waals surface area contributed by atoms with E-state index in [1.807, 2.05) is 36.1 Å². The van der Waals surface area contributed by atoms with Gasteiger partial charge in [-0.25, -0.2) is 0 Å². The van der Waals surface area contributed by atoms with Crippen molar-refractivity contribution in [2.24, 2.45) is 5.92 Å². The Labute approximate surface area is 130 Å². The molecule has 2 aliphatic heterocycles. The molecule has 0 radical (unpaired) electrons. The monoisotopic (exact) mass is 302 g/mol. The quantitative estimate of drug-likeness (QED) is 0.843. The molecule has 2 aliphatic rings. The van der Waals surface area contributed by atoms with E-state index in [9.17, 15) is 9.59 Å². The third-order valence-corrected chi connectivity index (χ3v) is 4.38. The lowest BCUT2D eigenvalue weighted by molar-refractivity contribution is -0.139. The van der Waals surface area contributed by atoms with Crippen LogP contribution in [0.2, 0.25) is 0 Å². The number of carbonyl (C=O) groups is 2. The van der Waals surface area contributed by atoms with E-state index >= 15 is 0 Å². The van der Waals surface area contributed by atoms with Gasteiger partial charge in [-0.3, -0.25) is 9.59 Å². The highest BCUT2D eigenvalue weighted by Gasteiger charge is 2.36. The summed E-state index contributed by atoms with van der Waals surface area (Å²) in [7, 11) is 0. The van der Waals surface area contributed by atoms with Gasteiger partial charge >= 0.3 is 0 Å². The minimum Gasteiger partial charge on any atom is -0.378 e. The Kier molecular flexibility index (Phi) is 4.43. The van der Waals surface area contributed by atoms with E-state index in [1.165, 1.54) is 5.56 Å². The van der Waals surface area contributed by atoms with Gasteiger partial charge < -0.3 is 14.5 Å². The molecule has 1 aromatic rings. The highest BCUT2D eigenvalue weighted by Crippen LogP contribution is 2.22. The molecule has 2 amide bonds. The fourth-order valence-corrected chi connectivity index (χ4v) is 3.05. The molecular formula is C17H22N2O3. The maximum absolute atomic E-state index is 12.5. The first-order valence-corrected chi connectivity index (χ1v) is 7.83. The fraction of sp³-hybridized carbons (Fsp3) is 0.529. The maximum atomic E-state index is 12.5. The predicted molar refractivity (Wildman–Crippen MR) is 82.1 cm³/mol. The number of nitrogens with zero attached hydrogens (tertiary/aromatic N) is 2. The van der Waals surface area contributed by atoms with E-state index in [1.54, 1.807) is 4.90 Å². The number of benzene rings is 1. The van der Waals surface area contributed by atoms with Crippen LogP contribution in [0, 0.1) is 12.8 Å². The van der Waals surface area contributed by atoms with E-state index in [2.05, 4.69) is 0 Å². The van der Waals surface area contributed by atoms with Crippen molar-refractivity contribution < 1.29 is 14.3 Å². The summed E-state index contributed by atoms with van der Waals surface area (Å²) >= 11 is 0. The molecule has 0 aromatic heterocycles. The number of hydrogen-bond donors (Lipinski definition) is 0. The van der Waals surface area contributed by atoms with Crippen LogP contribution in [0.1, 0.15) is 17.5 Å². The van der Waals surface area contributed by atoms with Crippen LogP contribution in [0.15, 0.2) is 24.3 Å². The van der Waals surface area contributed by atoms with Gasteiger partial charge in [-0.15, -0.1) is 0 Å². The smallest absolute Gasteiger partial charge is 0.228 e. The number of carbonyl (C=O) groups excluding carboxylic acids is 2. The largest absolute Gasteiger partial charge is 0.378 e. The van der Waals surface area contributed by atoms with Crippen molar-refractivity contribution in [3.05, 3.63) is 35.4 Å². The molecular weight excluding hydrogens is 280 g/mol. The first-order chi connectivity index (χ1) is 10.6. The van der Waals surface area contributed by atoms with Crippen LogP contribution in [0.5, 0.6) is 0 Å². The summed E-state index contributed by atoms with van der Waals surface area (Å²) in [5, 5.41) is 0. The lowest BCUT2D eigenvalue weighted by atomic mass is 10.1. The summed E-state index contributed by atoms with van der Waals surface area (Å²) in [6.07, 6.45) is 0.335. The molecule has 2 fully saturated rings. The minimum absolute atomic E-state index is 0.0761. The number of aryl methyl sites for hydroxylation is 1. The second kappa shape index (κ2) is 6.48. The fourth-order valence-electron chi connectivity index (χ4n) is 3.05. The second-order valence-electron chi connectivity index (χ2n) is 6.10. The molecule has 0 aliphatic carbocycles. The molecule has 0 N–H and O–H groups in total. The summed E-state index contributed by atoms with van der Waals surface area (Å²) in [6.45, 7) is 5.64. The number of hydrogen-bond acceptors (Lipinski definition) is 3. The molecule has 1 aromatic carbocycles. The molecule has 5 heteroatoms. The van der Waals surface area contributed by atoms with Gasteiger partial charge in [-0.1, -0.05) is 29.8 Å². The molecule has 0 saturated carbocycles. The zero-order chi connectivity index (χ0) is 15.5. The van der Waals surface area contributed by atoms with Crippen molar-refractivity contribution in [3.8, 4) is 0 Å². The second-order valence-corrected chi connectivity index (χ2v) is 6.10. The third-order valence-electron chi connectivity index (χ3n) is 4.38. The Morgan fingerprint density at radius 1 is 1.23 bits per heavy atom. The Morgan fingerprint density at radius 2 is 1.91 bits per heavy atom. The van der Waals surface area contributed by atoms with Gasteiger partial charge in [0.25, 0.3) is 0 Å². The van der Waals surface area contributed by atoms with E-state index in [0.29, 0.717) is 45.8 Å². The topological polar surface area (TPSA) is 49.9 Å². The molecule has 0 bridgehead atoms.